The minimum Gasteiger partial charge on any atom is -0.493 e. The minimum absolute atomic E-state index is 0.0454. The molecule has 2 atom stereocenters. The van der Waals surface area contributed by atoms with Crippen LogP contribution in [-0.4, -0.2) is 33.2 Å². The van der Waals surface area contributed by atoms with Crippen molar-refractivity contribution in [2.45, 2.75) is 33.2 Å². The van der Waals surface area contributed by atoms with E-state index in [9.17, 15) is 4.79 Å². The van der Waals surface area contributed by atoms with Gasteiger partial charge in [-0.2, -0.15) is 0 Å². The van der Waals surface area contributed by atoms with Crippen LogP contribution in [0.25, 0.3) is 0 Å². The van der Waals surface area contributed by atoms with Crippen LogP contribution in [0.15, 0.2) is 30.3 Å². The van der Waals surface area contributed by atoms with Gasteiger partial charge in [0.1, 0.15) is 6.04 Å². The largest absolute Gasteiger partial charge is 0.493 e. The molecule has 144 valence electrons. The lowest BCUT2D eigenvalue weighted by atomic mass is 9.93. The first-order valence-corrected chi connectivity index (χ1v) is 9.39. The van der Waals surface area contributed by atoms with Crippen molar-refractivity contribution in [2.24, 2.45) is 0 Å². The van der Waals surface area contributed by atoms with Gasteiger partial charge in [0.2, 0.25) is 0 Å². The number of amides is 1. The van der Waals surface area contributed by atoms with E-state index in [2.05, 4.69) is 38.2 Å². The lowest BCUT2D eigenvalue weighted by Gasteiger charge is -2.32. The summed E-state index contributed by atoms with van der Waals surface area (Å²) < 4.78 is 10.9. The molecule has 0 saturated heterocycles. The van der Waals surface area contributed by atoms with E-state index < -0.39 is 0 Å². The molecule has 0 saturated carbocycles. The molecule has 5 heteroatoms. The van der Waals surface area contributed by atoms with E-state index in [1.165, 1.54) is 27.2 Å². The van der Waals surface area contributed by atoms with Crippen LogP contribution in [0.4, 0.5) is 5.69 Å². The molecule has 0 radical (unpaired) electrons. The zero-order valence-corrected chi connectivity index (χ0v) is 16.8. The van der Waals surface area contributed by atoms with Crippen LogP contribution in [0.2, 0.25) is 0 Å². The van der Waals surface area contributed by atoms with Crippen LogP contribution >= 0.6 is 0 Å². The Morgan fingerprint density at radius 1 is 1.11 bits per heavy atom. The van der Waals surface area contributed by atoms with Crippen LogP contribution in [-0.2, 0) is 11.2 Å². The number of hydrogen-bond donors (Lipinski definition) is 2. The van der Waals surface area contributed by atoms with Crippen LogP contribution in [0, 0.1) is 13.8 Å². The second kappa shape index (κ2) is 8.01. The summed E-state index contributed by atoms with van der Waals surface area (Å²) in [7, 11) is 3.31. The Morgan fingerprint density at radius 3 is 2.48 bits per heavy atom. The Balaban J connectivity index is 1.71. The molecule has 2 aromatic carbocycles. The summed E-state index contributed by atoms with van der Waals surface area (Å²) >= 11 is 0. The Hall–Kier alpha value is -2.53. The number of benzene rings is 2. The standard InChI is InChI=1S/C22H28N2O3/c1-14-6-7-18(10-15(14)2)23-22(25)13-24-9-8-17-11-20(26-4)21(27-5)12-19(17)16(24)3/h6-7,10-12,16H,8-9,13H2,1-5H3,(H,23,25)/p+1/t16-/m0/s1. The third-order valence-electron chi connectivity index (χ3n) is 5.62. The lowest BCUT2D eigenvalue weighted by molar-refractivity contribution is -0.924. The highest BCUT2D eigenvalue weighted by molar-refractivity contribution is 5.91. The fraction of sp³-hybridized carbons (Fsp3) is 0.409. The lowest BCUT2D eigenvalue weighted by Crippen LogP contribution is -3.14. The number of nitrogens with one attached hydrogen (secondary N) is 2. The smallest absolute Gasteiger partial charge is 0.279 e. The molecular weight excluding hydrogens is 340 g/mol. The molecular formula is C22H29N2O3+. The summed E-state index contributed by atoms with van der Waals surface area (Å²) in [4.78, 5) is 13.8. The van der Waals surface area contributed by atoms with Gasteiger partial charge in [-0.15, -0.1) is 0 Å². The first-order chi connectivity index (χ1) is 12.9. The van der Waals surface area contributed by atoms with E-state index in [4.69, 9.17) is 9.47 Å². The fourth-order valence-corrected chi connectivity index (χ4v) is 3.76. The van der Waals surface area contributed by atoms with Crippen molar-refractivity contribution in [1.82, 2.24) is 0 Å². The predicted octanol–water partition coefficient (Wildman–Crippen LogP) is 2.46. The van der Waals surface area contributed by atoms with Gasteiger partial charge in [-0.25, -0.2) is 0 Å². The molecule has 27 heavy (non-hydrogen) atoms. The highest BCUT2D eigenvalue weighted by Gasteiger charge is 2.30. The van der Waals surface area contributed by atoms with Crippen molar-refractivity contribution in [3.8, 4) is 11.5 Å². The molecule has 0 spiro atoms. The molecule has 1 aliphatic heterocycles. The number of rotatable bonds is 5. The van der Waals surface area contributed by atoms with Gasteiger partial charge in [-0.05, 0) is 61.7 Å². The molecule has 1 unspecified atom stereocenters. The number of fused-ring (bicyclic) bond motifs is 1. The first-order valence-electron chi connectivity index (χ1n) is 9.39. The molecule has 0 aromatic heterocycles. The number of aryl methyl sites for hydroxylation is 2. The molecule has 1 aliphatic rings. The van der Waals surface area contributed by atoms with E-state index in [1.54, 1.807) is 14.2 Å². The summed E-state index contributed by atoms with van der Waals surface area (Å²) in [6.45, 7) is 7.66. The van der Waals surface area contributed by atoms with Crippen molar-refractivity contribution in [2.75, 3.05) is 32.6 Å². The normalized spacial score (nSPS) is 18.6. The van der Waals surface area contributed by atoms with Crippen molar-refractivity contribution in [1.29, 1.82) is 0 Å². The number of hydrogen-bond acceptors (Lipinski definition) is 3. The average Bonchev–Trinajstić information content (AvgIpc) is 2.66. The van der Waals surface area contributed by atoms with E-state index in [0.717, 1.165) is 30.2 Å². The van der Waals surface area contributed by atoms with Crippen molar-refractivity contribution < 1.29 is 19.2 Å². The fourth-order valence-electron chi connectivity index (χ4n) is 3.76. The maximum atomic E-state index is 12.6. The molecule has 3 rings (SSSR count). The predicted molar refractivity (Wildman–Crippen MR) is 107 cm³/mol. The summed E-state index contributed by atoms with van der Waals surface area (Å²) in [5.74, 6) is 1.55. The summed E-state index contributed by atoms with van der Waals surface area (Å²) in [6, 6.07) is 10.4. The Labute approximate surface area is 161 Å². The summed E-state index contributed by atoms with van der Waals surface area (Å²) in [6.07, 6.45) is 0.923. The number of anilines is 1. The summed E-state index contributed by atoms with van der Waals surface area (Å²) in [5, 5.41) is 3.04. The van der Waals surface area contributed by atoms with Gasteiger partial charge >= 0.3 is 0 Å². The average molecular weight is 369 g/mol. The van der Waals surface area contributed by atoms with Gasteiger partial charge in [0.05, 0.1) is 20.8 Å². The SMILES string of the molecule is COc1cc2c(cc1OC)[C@H](C)[NH+](CC(=O)Nc1ccc(C)c(C)c1)CC2. The maximum absolute atomic E-state index is 12.6. The molecule has 0 bridgehead atoms. The molecule has 2 aromatic rings. The molecule has 5 nitrogen and oxygen atoms in total. The first kappa shape index (κ1) is 19.2. The minimum atomic E-state index is 0.0454. The molecule has 1 amide bonds. The van der Waals surface area contributed by atoms with Gasteiger partial charge in [0.15, 0.2) is 18.0 Å². The third-order valence-corrected chi connectivity index (χ3v) is 5.62. The number of carbonyl (C=O) groups excluding carboxylic acids is 1. The Kier molecular flexibility index (Phi) is 5.71. The Morgan fingerprint density at radius 2 is 1.81 bits per heavy atom. The van der Waals surface area contributed by atoms with E-state index in [1.807, 2.05) is 18.2 Å². The Bertz CT molecular complexity index is 848. The van der Waals surface area contributed by atoms with Gasteiger partial charge in [0.25, 0.3) is 5.91 Å². The third kappa shape index (κ3) is 4.08. The number of methoxy groups -OCH3 is 2. The van der Waals surface area contributed by atoms with E-state index in [0.29, 0.717) is 6.54 Å². The highest BCUT2D eigenvalue weighted by atomic mass is 16.5. The van der Waals surface area contributed by atoms with Gasteiger partial charge in [-0.1, -0.05) is 6.07 Å². The number of quaternary nitrogens is 1. The van der Waals surface area contributed by atoms with E-state index >= 15 is 0 Å². The highest BCUT2D eigenvalue weighted by Crippen LogP contribution is 2.33. The maximum Gasteiger partial charge on any atom is 0.279 e. The van der Waals surface area contributed by atoms with E-state index in [-0.39, 0.29) is 11.9 Å². The quantitative estimate of drug-likeness (QED) is 0.851. The van der Waals surface area contributed by atoms with Crippen LogP contribution in [0.5, 0.6) is 11.5 Å². The van der Waals surface area contributed by atoms with Crippen molar-refractivity contribution in [3.63, 3.8) is 0 Å². The summed E-state index contributed by atoms with van der Waals surface area (Å²) in [5.41, 5.74) is 5.77. The number of ether oxygens (including phenoxy) is 2. The number of carbonyl (C=O) groups is 1. The zero-order valence-electron chi connectivity index (χ0n) is 16.8. The zero-order chi connectivity index (χ0) is 19.6. The molecule has 0 fully saturated rings. The van der Waals surface area contributed by atoms with Crippen LogP contribution in [0.3, 0.4) is 0 Å². The molecule has 2 N–H and O–H groups in total. The monoisotopic (exact) mass is 369 g/mol. The topological polar surface area (TPSA) is 52.0 Å². The second-order valence-electron chi connectivity index (χ2n) is 7.31. The molecule has 0 aliphatic carbocycles. The molecule has 1 heterocycles. The van der Waals surface area contributed by atoms with Crippen molar-refractivity contribution in [3.05, 3.63) is 52.6 Å². The van der Waals surface area contributed by atoms with Gasteiger partial charge < -0.3 is 19.7 Å². The van der Waals surface area contributed by atoms with Crippen LogP contribution < -0.4 is 19.7 Å². The van der Waals surface area contributed by atoms with Crippen LogP contribution in [0.1, 0.15) is 35.2 Å². The second-order valence-corrected chi connectivity index (χ2v) is 7.31. The van der Waals surface area contributed by atoms with Crippen molar-refractivity contribution >= 4 is 11.6 Å². The van der Waals surface area contributed by atoms with Gasteiger partial charge in [-0.3, -0.25) is 4.79 Å². The van der Waals surface area contributed by atoms with Gasteiger partial charge in [0, 0.05) is 17.7 Å².